The van der Waals surface area contributed by atoms with Crippen molar-refractivity contribution in [2.24, 2.45) is 5.92 Å². The summed E-state index contributed by atoms with van der Waals surface area (Å²) in [6, 6.07) is 25.5. The monoisotopic (exact) mass is 373 g/mol. The molecule has 142 valence electrons. The van der Waals surface area contributed by atoms with Crippen molar-refractivity contribution in [3.63, 3.8) is 0 Å². The number of nitrogens with one attached hydrogen (secondary N) is 1. The average molecular weight is 373 g/mol. The topological polar surface area (TPSA) is 47.6 Å². The molecule has 4 heteroatoms. The van der Waals surface area contributed by atoms with Crippen LogP contribution in [0.4, 0.5) is 0 Å². The van der Waals surface area contributed by atoms with E-state index < -0.39 is 0 Å². The fraction of sp³-hybridized carbons (Fsp3) is 0.208. The molecule has 4 nitrogen and oxygen atoms in total. The van der Waals surface area contributed by atoms with E-state index in [0.29, 0.717) is 13.0 Å². The van der Waals surface area contributed by atoms with Crippen LogP contribution in [0.2, 0.25) is 0 Å². The minimum absolute atomic E-state index is 0.000765. The van der Waals surface area contributed by atoms with Crippen LogP contribution in [0.5, 0.6) is 11.5 Å². The minimum atomic E-state index is -0.225. The summed E-state index contributed by atoms with van der Waals surface area (Å²) in [6.07, 6.45) is 0.687. The Bertz CT molecular complexity index is 938. The second kappa shape index (κ2) is 8.17. The molecule has 0 saturated heterocycles. The van der Waals surface area contributed by atoms with Crippen LogP contribution in [0.3, 0.4) is 0 Å². The lowest BCUT2D eigenvalue weighted by molar-refractivity contribution is -0.126. The first-order valence-corrected chi connectivity index (χ1v) is 9.44. The standard InChI is InChI=1S/C24H23NO3/c1-27-21-13-11-18(12-14-21)23(17-7-3-2-4-8-17)25-24(26)20-15-19-9-5-6-10-22(19)28-16-20/h2-14,20,23H,15-16H2,1H3,(H,25,26). The van der Waals surface area contributed by atoms with E-state index in [9.17, 15) is 4.79 Å². The summed E-state index contributed by atoms with van der Waals surface area (Å²) in [6.45, 7) is 0.396. The number of ether oxygens (including phenoxy) is 2. The van der Waals surface area contributed by atoms with Gasteiger partial charge >= 0.3 is 0 Å². The van der Waals surface area contributed by atoms with E-state index in [-0.39, 0.29) is 17.9 Å². The summed E-state index contributed by atoms with van der Waals surface area (Å²) < 4.78 is 11.1. The lowest BCUT2D eigenvalue weighted by Crippen LogP contribution is -2.39. The zero-order chi connectivity index (χ0) is 19.3. The number of hydrogen-bond acceptors (Lipinski definition) is 3. The van der Waals surface area contributed by atoms with Gasteiger partial charge in [-0.2, -0.15) is 0 Å². The lowest BCUT2D eigenvalue weighted by Gasteiger charge is -2.27. The Labute approximate surface area is 165 Å². The summed E-state index contributed by atoms with van der Waals surface area (Å²) in [5.74, 6) is 1.46. The fourth-order valence-electron chi connectivity index (χ4n) is 3.56. The number of hydrogen-bond donors (Lipinski definition) is 1. The maximum Gasteiger partial charge on any atom is 0.227 e. The van der Waals surface area contributed by atoms with Crippen molar-refractivity contribution < 1.29 is 14.3 Å². The summed E-state index contributed by atoms with van der Waals surface area (Å²) in [5.41, 5.74) is 3.13. The molecule has 1 N–H and O–H groups in total. The van der Waals surface area contributed by atoms with Crippen molar-refractivity contribution in [2.75, 3.05) is 13.7 Å². The zero-order valence-electron chi connectivity index (χ0n) is 15.8. The third kappa shape index (κ3) is 3.86. The summed E-state index contributed by atoms with van der Waals surface area (Å²) in [4.78, 5) is 13.1. The van der Waals surface area contributed by atoms with Crippen LogP contribution in [0.1, 0.15) is 22.7 Å². The number of carbonyl (C=O) groups is 1. The predicted octanol–water partition coefficient (Wildman–Crippen LogP) is 4.15. The molecule has 0 fully saturated rings. The van der Waals surface area contributed by atoms with Gasteiger partial charge in [0.2, 0.25) is 5.91 Å². The summed E-state index contributed by atoms with van der Waals surface area (Å²) in [5, 5.41) is 3.23. The van der Waals surface area contributed by atoms with Crippen molar-refractivity contribution >= 4 is 5.91 Å². The van der Waals surface area contributed by atoms with E-state index >= 15 is 0 Å². The van der Waals surface area contributed by atoms with Gasteiger partial charge in [0.1, 0.15) is 18.1 Å². The number of methoxy groups -OCH3 is 1. The van der Waals surface area contributed by atoms with Crippen molar-refractivity contribution in [3.8, 4) is 11.5 Å². The summed E-state index contributed by atoms with van der Waals surface area (Å²) >= 11 is 0. The highest BCUT2D eigenvalue weighted by atomic mass is 16.5. The number of carbonyl (C=O) groups excluding carboxylic acids is 1. The molecule has 1 heterocycles. The van der Waals surface area contributed by atoms with Gasteiger partial charge in [-0.05, 0) is 41.3 Å². The molecule has 1 aliphatic rings. The molecule has 0 saturated carbocycles. The molecule has 28 heavy (non-hydrogen) atoms. The Morgan fingerprint density at radius 3 is 2.39 bits per heavy atom. The second-order valence-corrected chi connectivity index (χ2v) is 6.95. The Morgan fingerprint density at radius 1 is 0.964 bits per heavy atom. The molecule has 0 bridgehead atoms. The third-order valence-corrected chi connectivity index (χ3v) is 5.12. The lowest BCUT2D eigenvalue weighted by atomic mass is 9.94. The van der Waals surface area contributed by atoms with Crippen molar-refractivity contribution in [2.45, 2.75) is 12.5 Å². The largest absolute Gasteiger partial charge is 0.497 e. The average Bonchev–Trinajstić information content (AvgIpc) is 2.77. The third-order valence-electron chi connectivity index (χ3n) is 5.12. The van der Waals surface area contributed by atoms with Crippen LogP contribution in [-0.2, 0) is 11.2 Å². The molecule has 0 aliphatic carbocycles. The number of para-hydroxylation sites is 1. The van der Waals surface area contributed by atoms with E-state index in [1.807, 2.05) is 78.9 Å². The fourth-order valence-corrected chi connectivity index (χ4v) is 3.56. The molecule has 2 atom stereocenters. The molecular weight excluding hydrogens is 350 g/mol. The van der Waals surface area contributed by atoms with Crippen molar-refractivity contribution in [1.82, 2.24) is 5.32 Å². The van der Waals surface area contributed by atoms with Crippen molar-refractivity contribution in [1.29, 1.82) is 0 Å². The van der Waals surface area contributed by atoms with Gasteiger partial charge in [-0.1, -0.05) is 60.7 Å². The first-order valence-electron chi connectivity index (χ1n) is 9.44. The SMILES string of the molecule is COc1ccc(C(NC(=O)C2COc3ccccc3C2)c2ccccc2)cc1. The van der Waals surface area contributed by atoms with Gasteiger partial charge in [0.05, 0.1) is 19.1 Å². The molecule has 0 spiro atoms. The van der Waals surface area contributed by atoms with E-state index in [2.05, 4.69) is 5.32 Å². The predicted molar refractivity (Wildman–Crippen MR) is 109 cm³/mol. The Morgan fingerprint density at radius 2 is 1.64 bits per heavy atom. The number of rotatable bonds is 5. The van der Waals surface area contributed by atoms with Gasteiger partial charge in [0.25, 0.3) is 0 Å². The molecule has 0 radical (unpaired) electrons. The van der Waals surface area contributed by atoms with Crippen molar-refractivity contribution in [3.05, 3.63) is 95.6 Å². The molecule has 0 aromatic heterocycles. The summed E-state index contributed by atoms with van der Waals surface area (Å²) in [7, 11) is 1.65. The van der Waals surface area contributed by atoms with E-state index in [1.165, 1.54) is 0 Å². The number of amides is 1. The Balaban J connectivity index is 1.56. The van der Waals surface area contributed by atoms with Gasteiger partial charge in [0, 0.05) is 0 Å². The Kier molecular flexibility index (Phi) is 5.29. The zero-order valence-corrected chi connectivity index (χ0v) is 15.8. The molecular formula is C24H23NO3. The highest BCUT2D eigenvalue weighted by Crippen LogP contribution is 2.29. The van der Waals surface area contributed by atoms with Gasteiger partial charge in [0.15, 0.2) is 0 Å². The van der Waals surface area contributed by atoms with Gasteiger partial charge in [-0.25, -0.2) is 0 Å². The van der Waals surface area contributed by atoms with E-state index in [1.54, 1.807) is 7.11 Å². The number of benzene rings is 3. The molecule has 4 rings (SSSR count). The maximum atomic E-state index is 13.1. The highest BCUT2D eigenvalue weighted by Gasteiger charge is 2.28. The second-order valence-electron chi connectivity index (χ2n) is 6.95. The first-order chi connectivity index (χ1) is 13.7. The van der Waals surface area contributed by atoms with E-state index in [0.717, 1.165) is 28.2 Å². The molecule has 1 amide bonds. The number of fused-ring (bicyclic) bond motifs is 1. The van der Waals surface area contributed by atoms with Crippen LogP contribution in [0.15, 0.2) is 78.9 Å². The molecule has 2 unspecified atom stereocenters. The molecule has 1 aliphatic heterocycles. The molecule has 3 aromatic rings. The van der Waals surface area contributed by atoms with Crippen LogP contribution in [0.25, 0.3) is 0 Å². The first kappa shape index (κ1) is 18.1. The van der Waals surface area contributed by atoms with Crippen LogP contribution < -0.4 is 14.8 Å². The van der Waals surface area contributed by atoms with Gasteiger partial charge in [-0.15, -0.1) is 0 Å². The maximum absolute atomic E-state index is 13.1. The van der Waals surface area contributed by atoms with E-state index in [4.69, 9.17) is 9.47 Å². The van der Waals surface area contributed by atoms with Crippen LogP contribution in [0, 0.1) is 5.92 Å². The molecule has 3 aromatic carbocycles. The van der Waals surface area contributed by atoms with Crippen LogP contribution in [-0.4, -0.2) is 19.6 Å². The van der Waals surface area contributed by atoms with Crippen LogP contribution >= 0.6 is 0 Å². The normalized spacial score (nSPS) is 16.4. The van der Waals surface area contributed by atoms with Gasteiger partial charge < -0.3 is 14.8 Å². The Hall–Kier alpha value is -3.27. The van der Waals surface area contributed by atoms with Gasteiger partial charge in [-0.3, -0.25) is 4.79 Å². The highest BCUT2D eigenvalue weighted by molar-refractivity contribution is 5.80. The smallest absolute Gasteiger partial charge is 0.227 e. The quantitative estimate of drug-likeness (QED) is 0.731. The minimum Gasteiger partial charge on any atom is -0.497 e.